The van der Waals surface area contributed by atoms with Gasteiger partial charge in [-0.05, 0) is 42.5 Å². The van der Waals surface area contributed by atoms with Gasteiger partial charge in [0.15, 0.2) is 0 Å². The van der Waals surface area contributed by atoms with Crippen molar-refractivity contribution >= 4 is 22.5 Å². The molecule has 7 nitrogen and oxygen atoms in total. The predicted octanol–water partition coefficient (Wildman–Crippen LogP) is 4.44. The Morgan fingerprint density at radius 3 is 2.57 bits per heavy atom. The van der Waals surface area contributed by atoms with Gasteiger partial charge in [0.2, 0.25) is 17.7 Å². The van der Waals surface area contributed by atoms with E-state index in [1.54, 1.807) is 36.5 Å². The van der Waals surface area contributed by atoms with Crippen LogP contribution in [0.25, 0.3) is 10.9 Å². The van der Waals surface area contributed by atoms with Gasteiger partial charge in [-0.2, -0.15) is 15.2 Å². The van der Waals surface area contributed by atoms with Crippen molar-refractivity contribution in [3.8, 4) is 23.6 Å². The third-order valence-corrected chi connectivity index (χ3v) is 3.96. The molecule has 7 heteroatoms. The number of nitrogens with one attached hydrogen (secondary N) is 1. The van der Waals surface area contributed by atoms with Gasteiger partial charge in [-0.25, -0.2) is 0 Å². The summed E-state index contributed by atoms with van der Waals surface area (Å²) in [6, 6.07) is 20.2. The van der Waals surface area contributed by atoms with Crippen LogP contribution < -0.4 is 14.8 Å². The third kappa shape index (κ3) is 3.81. The van der Waals surface area contributed by atoms with E-state index >= 15 is 0 Å². The van der Waals surface area contributed by atoms with E-state index in [-0.39, 0.29) is 0 Å². The first-order valence-corrected chi connectivity index (χ1v) is 8.46. The second kappa shape index (κ2) is 7.60. The van der Waals surface area contributed by atoms with Crippen molar-refractivity contribution in [3.05, 3.63) is 72.4 Å². The molecule has 0 aliphatic rings. The van der Waals surface area contributed by atoms with Crippen LogP contribution in [-0.4, -0.2) is 22.1 Å². The zero-order valence-corrected chi connectivity index (χ0v) is 15.0. The lowest BCUT2D eigenvalue weighted by molar-refractivity contribution is 0.389. The Labute approximate surface area is 161 Å². The highest BCUT2D eigenvalue weighted by Gasteiger charge is 2.09. The summed E-state index contributed by atoms with van der Waals surface area (Å²) < 4.78 is 11.1. The van der Waals surface area contributed by atoms with Crippen LogP contribution >= 0.6 is 0 Å². The number of ether oxygens (including phenoxy) is 2. The molecule has 0 aliphatic heterocycles. The maximum absolute atomic E-state index is 8.90. The minimum atomic E-state index is 0.318. The van der Waals surface area contributed by atoms with E-state index in [1.165, 1.54) is 7.11 Å². The average molecular weight is 369 g/mol. The van der Waals surface area contributed by atoms with Crippen molar-refractivity contribution in [1.29, 1.82) is 5.26 Å². The normalized spacial score (nSPS) is 10.3. The van der Waals surface area contributed by atoms with Crippen LogP contribution in [0.15, 0.2) is 66.9 Å². The Morgan fingerprint density at radius 2 is 1.79 bits per heavy atom. The highest BCUT2D eigenvalue weighted by atomic mass is 16.5. The average Bonchev–Trinajstić information content (AvgIpc) is 2.74. The van der Waals surface area contributed by atoms with Crippen LogP contribution in [0.5, 0.6) is 17.5 Å². The van der Waals surface area contributed by atoms with Crippen LogP contribution in [0.1, 0.15) is 5.56 Å². The number of pyridine rings is 1. The van der Waals surface area contributed by atoms with Crippen molar-refractivity contribution in [1.82, 2.24) is 15.0 Å². The number of hydrogen-bond donors (Lipinski definition) is 1. The van der Waals surface area contributed by atoms with Gasteiger partial charge in [-0.15, -0.1) is 0 Å². The van der Waals surface area contributed by atoms with E-state index < -0.39 is 0 Å². The lowest BCUT2D eigenvalue weighted by Crippen LogP contribution is -2.01. The first-order chi connectivity index (χ1) is 13.7. The molecule has 0 saturated carbocycles. The molecule has 2 heterocycles. The highest BCUT2D eigenvalue weighted by Crippen LogP contribution is 2.27. The predicted molar refractivity (Wildman–Crippen MR) is 105 cm³/mol. The number of fused-ring (bicyclic) bond motifs is 1. The molecule has 0 radical (unpaired) electrons. The number of methoxy groups -OCH3 is 1. The maximum atomic E-state index is 8.90. The summed E-state index contributed by atoms with van der Waals surface area (Å²) in [7, 11) is 1.53. The quantitative estimate of drug-likeness (QED) is 0.556. The van der Waals surface area contributed by atoms with Gasteiger partial charge in [0.1, 0.15) is 5.75 Å². The molecule has 0 atom stereocenters. The second-order valence-corrected chi connectivity index (χ2v) is 5.85. The monoisotopic (exact) mass is 369 g/mol. The minimum Gasteiger partial charge on any atom is -0.481 e. The number of nitrogens with zero attached hydrogens (tertiary/aromatic N) is 4. The molecule has 4 aromatic rings. The molecule has 28 heavy (non-hydrogen) atoms. The molecular formula is C21H15N5O2. The van der Waals surface area contributed by atoms with Gasteiger partial charge in [-0.3, -0.25) is 4.98 Å². The number of nitriles is 1. The number of aromatic nitrogens is 3. The summed E-state index contributed by atoms with van der Waals surface area (Å²) >= 11 is 0. The fourth-order valence-electron chi connectivity index (χ4n) is 2.60. The fraction of sp³-hybridized carbons (Fsp3) is 0.0476. The first-order valence-electron chi connectivity index (χ1n) is 8.46. The van der Waals surface area contributed by atoms with Crippen molar-refractivity contribution in [2.75, 3.05) is 12.4 Å². The third-order valence-electron chi connectivity index (χ3n) is 3.96. The largest absolute Gasteiger partial charge is 0.481 e. The molecular weight excluding hydrogens is 354 g/mol. The smallest absolute Gasteiger partial charge is 0.233 e. The van der Waals surface area contributed by atoms with Crippen molar-refractivity contribution in [2.45, 2.75) is 0 Å². The summed E-state index contributed by atoms with van der Waals surface area (Å²) in [6.07, 6.45) is 1.74. The zero-order valence-electron chi connectivity index (χ0n) is 15.0. The maximum Gasteiger partial charge on any atom is 0.233 e. The van der Waals surface area contributed by atoms with Crippen LogP contribution in [0.2, 0.25) is 0 Å². The molecule has 2 aromatic heterocycles. The number of anilines is 2. The van der Waals surface area contributed by atoms with Crippen molar-refractivity contribution < 1.29 is 9.47 Å². The number of benzene rings is 2. The molecule has 0 bridgehead atoms. The van der Waals surface area contributed by atoms with Gasteiger partial charge >= 0.3 is 0 Å². The molecule has 4 rings (SSSR count). The van der Waals surface area contributed by atoms with Crippen LogP contribution in [0, 0.1) is 11.3 Å². The molecule has 0 amide bonds. The standard InChI is InChI=1S/C21H15N5O2/c1-27-19-12-20(28-17-9-6-15-3-2-10-23-18(15)11-17)26-21(25-19)24-16-7-4-14(13-22)5-8-16/h2-12H,1H3,(H,24,25,26). The Balaban J connectivity index is 1.60. The van der Waals surface area contributed by atoms with Gasteiger partial charge in [0, 0.05) is 23.3 Å². The molecule has 1 N–H and O–H groups in total. The zero-order chi connectivity index (χ0) is 19.3. The van der Waals surface area contributed by atoms with Crippen LogP contribution in [0.3, 0.4) is 0 Å². The summed E-state index contributed by atoms with van der Waals surface area (Å²) in [5.41, 5.74) is 2.15. The van der Waals surface area contributed by atoms with Crippen molar-refractivity contribution in [2.24, 2.45) is 0 Å². The SMILES string of the molecule is COc1cc(Oc2ccc3cccnc3c2)nc(Nc2ccc(C#N)cc2)n1. The van der Waals surface area contributed by atoms with E-state index in [1.807, 2.05) is 30.3 Å². The minimum absolute atomic E-state index is 0.318. The van der Waals surface area contributed by atoms with E-state index in [9.17, 15) is 0 Å². The Morgan fingerprint density at radius 1 is 0.964 bits per heavy atom. The van der Waals surface area contributed by atoms with E-state index in [4.69, 9.17) is 14.7 Å². The molecule has 0 saturated heterocycles. The summed E-state index contributed by atoms with van der Waals surface area (Å²) in [6.45, 7) is 0. The van der Waals surface area contributed by atoms with E-state index in [2.05, 4.69) is 26.3 Å². The Kier molecular flexibility index (Phi) is 4.68. The molecule has 0 aliphatic carbocycles. The molecule has 0 unspecified atom stereocenters. The van der Waals surface area contributed by atoms with Crippen molar-refractivity contribution in [3.63, 3.8) is 0 Å². The Hall–Kier alpha value is -4.18. The summed E-state index contributed by atoms with van der Waals surface area (Å²) in [4.78, 5) is 13.0. The van der Waals surface area contributed by atoms with Crippen LogP contribution in [0.4, 0.5) is 11.6 Å². The van der Waals surface area contributed by atoms with Gasteiger partial charge in [-0.1, -0.05) is 6.07 Å². The van der Waals surface area contributed by atoms with E-state index in [0.29, 0.717) is 29.0 Å². The summed E-state index contributed by atoms with van der Waals surface area (Å²) in [5, 5.41) is 13.0. The van der Waals surface area contributed by atoms with Gasteiger partial charge in [0.05, 0.1) is 30.3 Å². The lowest BCUT2D eigenvalue weighted by Gasteiger charge is -2.10. The number of rotatable bonds is 5. The second-order valence-electron chi connectivity index (χ2n) is 5.85. The summed E-state index contributed by atoms with van der Waals surface area (Å²) in [5.74, 6) is 1.62. The first kappa shape index (κ1) is 17.2. The van der Waals surface area contributed by atoms with E-state index in [0.717, 1.165) is 16.6 Å². The molecule has 0 fully saturated rings. The molecule has 136 valence electrons. The van der Waals surface area contributed by atoms with Gasteiger partial charge in [0.25, 0.3) is 0 Å². The number of hydrogen-bond acceptors (Lipinski definition) is 7. The molecule has 2 aromatic carbocycles. The molecule has 0 spiro atoms. The lowest BCUT2D eigenvalue weighted by atomic mass is 10.2. The van der Waals surface area contributed by atoms with Gasteiger partial charge < -0.3 is 14.8 Å². The topological polar surface area (TPSA) is 93.0 Å². The fourth-order valence-corrected chi connectivity index (χ4v) is 2.60. The van der Waals surface area contributed by atoms with Crippen LogP contribution in [-0.2, 0) is 0 Å². The Bertz CT molecular complexity index is 1170. The highest BCUT2D eigenvalue weighted by molar-refractivity contribution is 5.79.